The maximum Gasteiger partial charge on any atom is 0.405 e. The van der Waals surface area contributed by atoms with E-state index in [9.17, 15) is 14.7 Å². The van der Waals surface area contributed by atoms with Gasteiger partial charge in [-0.1, -0.05) is 41.5 Å². The monoisotopic (exact) mass is 325 g/mol. The van der Waals surface area contributed by atoms with Gasteiger partial charge >= 0.3 is 12.2 Å². The average Bonchev–Trinajstić information content (AvgIpc) is 2.18. The Morgan fingerprint density at radius 2 is 1.38 bits per heavy atom. The molecule has 0 spiro atoms. The van der Waals surface area contributed by atoms with Crippen molar-refractivity contribution in [2.75, 3.05) is 6.54 Å². The zero-order chi connectivity index (χ0) is 16.4. The van der Waals surface area contributed by atoms with E-state index in [1.54, 1.807) is 0 Å². The Labute approximate surface area is 132 Å². The molecule has 0 rings (SSSR count). The standard InChI is InChI=1S/C13H27N3O4.ClH/c1-11(2,3)13(12(4,5)6,16-10(19)20)8(14)7-15-9(17)18;/h8,15-16H,7,14H2,1-6H3,(H,17,18)(H,19,20);1H. The second kappa shape index (κ2) is 7.17. The molecule has 0 heterocycles. The van der Waals surface area contributed by atoms with Crippen molar-refractivity contribution in [2.45, 2.75) is 53.1 Å². The molecule has 126 valence electrons. The second-order valence-corrected chi connectivity index (χ2v) is 7.03. The predicted molar refractivity (Wildman–Crippen MR) is 84.1 cm³/mol. The molecule has 0 aliphatic heterocycles. The minimum atomic E-state index is -1.19. The van der Waals surface area contributed by atoms with Gasteiger partial charge in [0.15, 0.2) is 0 Å². The molecule has 7 nitrogen and oxygen atoms in total. The van der Waals surface area contributed by atoms with Crippen molar-refractivity contribution >= 4 is 24.6 Å². The van der Waals surface area contributed by atoms with Crippen molar-refractivity contribution in [3.63, 3.8) is 0 Å². The number of nitrogens with two attached hydrogens (primary N) is 1. The molecule has 6 N–H and O–H groups in total. The summed E-state index contributed by atoms with van der Waals surface area (Å²) in [5.41, 5.74) is 4.14. The Balaban J connectivity index is 0. The van der Waals surface area contributed by atoms with Gasteiger partial charge in [-0.25, -0.2) is 9.59 Å². The third-order valence-corrected chi connectivity index (χ3v) is 3.70. The number of hydrogen-bond acceptors (Lipinski definition) is 3. The molecule has 2 amide bonds. The minimum absolute atomic E-state index is 0. The summed E-state index contributed by atoms with van der Waals surface area (Å²) >= 11 is 0. The third-order valence-electron chi connectivity index (χ3n) is 3.70. The first-order valence-corrected chi connectivity index (χ1v) is 6.49. The molecule has 0 aromatic carbocycles. The number of carbonyl (C=O) groups is 2. The number of rotatable bonds is 4. The van der Waals surface area contributed by atoms with Crippen molar-refractivity contribution in [1.29, 1.82) is 0 Å². The molecular formula is C13H28ClN3O4. The summed E-state index contributed by atoms with van der Waals surface area (Å²) < 4.78 is 0. The number of halogens is 1. The first kappa shape index (κ1) is 22.1. The van der Waals surface area contributed by atoms with Crippen molar-refractivity contribution < 1.29 is 19.8 Å². The van der Waals surface area contributed by atoms with Gasteiger partial charge in [0.2, 0.25) is 0 Å². The van der Waals surface area contributed by atoms with Crippen LogP contribution in [0.15, 0.2) is 0 Å². The fraction of sp³-hybridized carbons (Fsp3) is 0.846. The molecule has 0 aliphatic rings. The van der Waals surface area contributed by atoms with Crippen LogP contribution in [0.1, 0.15) is 41.5 Å². The van der Waals surface area contributed by atoms with Gasteiger partial charge in [0.25, 0.3) is 0 Å². The van der Waals surface area contributed by atoms with Crippen LogP contribution in [-0.4, -0.2) is 40.5 Å². The number of amides is 2. The highest BCUT2D eigenvalue weighted by atomic mass is 35.5. The van der Waals surface area contributed by atoms with Crippen LogP contribution >= 0.6 is 12.4 Å². The molecule has 0 aromatic rings. The number of hydrogen-bond donors (Lipinski definition) is 5. The van der Waals surface area contributed by atoms with Gasteiger partial charge in [-0.2, -0.15) is 0 Å². The van der Waals surface area contributed by atoms with Crippen molar-refractivity contribution in [3.8, 4) is 0 Å². The molecule has 21 heavy (non-hydrogen) atoms. The summed E-state index contributed by atoms with van der Waals surface area (Å²) in [6.45, 7) is 11.3. The van der Waals surface area contributed by atoms with Crippen LogP contribution in [0, 0.1) is 10.8 Å². The lowest BCUT2D eigenvalue weighted by atomic mass is 9.56. The van der Waals surface area contributed by atoms with Gasteiger partial charge in [-0.3, -0.25) is 0 Å². The fourth-order valence-corrected chi connectivity index (χ4v) is 3.22. The van der Waals surface area contributed by atoms with E-state index in [-0.39, 0.29) is 19.0 Å². The van der Waals surface area contributed by atoms with Crippen LogP contribution in [0.2, 0.25) is 0 Å². The van der Waals surface area contributed by atoms with Crippen LogP contribution in [-0.2, 0) is 0 Å². The summed E-state index contributed by atoms with van der Waals surface area (Å²) in [4.78, 5) is 21.9. The van der Waals surface area contributed by atoms with Crippen LogP contribution in [0.25, 0.3) is 0 Å². The number of carboxylic acid groups (broad SMARTS) is 2. The quantitative estimate of drug-likeness (QED) is 0.541. The van der Waals surface area contributed by atoms with Gasteiger partial charge in [-0.15, -0.1) is 12.4 Å². The highest BCUT2D eigenvalue weighted by Gasteiger charge is 2.55. The molecule has 1 unspecified atom stereocenters. The highest BCUT2D eigenvalue weighted by Crippen LogP contribution is 2.45. The first-order valence-electron chi connectivity index (χ1n) is 6.49. The molecule has 0 bridgehead atoms. The van der Waals surface area contributed by atoms with E-state index in [4.69, 9.17) is 10.8 Å². The zero-order valence-corrected chi connectivity index (χ0v) is 14.3. The Hall–Kier alpha value is -1.21. The summed E-state index contributed by atoms with van der Waals surface area (Å²) in [7, 11) is 0. The lowest BCUT2D eigenvalue weighted by molar-refractivity contribution is 0.00180. The summed E-state index contributed by atoms with van der Waals surface area (Å²) in [5, 5.41) is 22.7. The fourth-order valence-electron chi connectivity index (χ4n) is 3.22. The SMILES string of the molecule is CC(C)(C)C(NC(=O)O)(C(N)CNC(=O)O)C(C)(C)C.Cl. The van der Waals surface area contributed by atoms with E-state index in [2.05, 4.69) is 10.6 Å². The Morgan fingerprint density at radius 3 is 1.62 bits per heavy atom. The Kier molecular flexibility index (Phi) is 7.54. The van der Waals surface area contributed by atoms with E-state index < -0.39 is 34.6 Å². The smallest absolute Gasteiger partial charge is 0.405 e. The van der Waals surface area contributed by atoms with Gasteiger partial charge in [0.05, 0.1) is 5.54 Å². The molecule has 0 saturated carbocycles. The van der Waals surface area contributed by atoms with Crippen molar-refractivity contribution in [2.24, 2.45) is 16.6 Å². The van der Waals surface area contributed by atoms with Gasteiger partial charge in [-0.05, 0) is 10.8 Å². The van der Waals surface area contributed by atoms with Crippen molar-refractivity contribution in [3.05, 3.63) is 0 Å². The van der Waals surface area contributed by atoms with Crippen LogP contribution in [0.5, 0.6) is 0 Å². The number of nitrogens with one attached hydrogen (secondary N) is 2. The summed E-state index contributed by atoms with van der Waals surface area (Å²) in [6.07, 6.45) is -2.37. The average molecular weight is 326 g/mol. The molecule has 0 radical (unpaired) electrons. The van der Waals surface area contributed by atoms with E-state index in [0.717, 1.165) is 0 Å². The molecule has 0 aromatic heterocycles. The third kappa shape index (κ3) is 4.93. The van der Waals surface area contributed by atoms with Gasteiger partial charge in [0, 0.05) is 12.6 Å². The van der Waals surface area contributed by atoms with E-state index in [1.807, 2.05) is 41.5 Å². The van der Waals surface area contributed by atoms with Crippen LogP contribution in [0.4, 0.5) is 9.59 Å². The predicted octanol–water partition coefficient (Wildman–Crippen LogP) is 2.10. The Morgan fingerprint density at radius 1 is 1.00 bits per heavy atom. The van der Waals surface area contributed by atoms with E-state index >= 15 is 0 Å². The summed E-state index contributed by atoms with van der Waals surface area (Å²) in [6, 6.07) is -0.713. The lowest BCUT2D eigenvalue weighted by Gasteiger charge is -2.56. The van der Waals surface area contributed by atoms with E-state index in [0.29, 0.717) is 0 Å². The van der Waals surface area contributed by atoms with E-state index in [1.165, 1.54) is 0 Å². The molecule has 0 saturated heterocycles. The normalized spacial score (nSPS) is 13.9. The summed E-state index contributed by atoms with van der Waals surface area (Å²) in [5.74, 6) is 0. The molecular weight excluding hydrogens is 298 g/mol. The van der Waals surface area contributed by atoms with Crippen LogP contribution < -0.4 is 16.4 Å². The largest absolute Gasteiger partial charge is 0.465 e. The van der Waals surface area contributed by atoms with Gasteiger partial charge in [0.1, 0.15) is 0 Å². The second-order valence-electron chi connectivity index (χ2n) is 7.03. The molecule has 0 aliphatic carbocycles. The molecule has 1 atom stereocenters. The Bertz CT molecular complexity index is 361. The highest BCUT2D eigenvalue weighted by molar-refractivity contribution is 5.85. The maximum atomic E-state index is 11.2. The van der Waals surface area contributed by atoms with Crippen LogP contribution in [0.3, 0.4) is 0 Å². The topological polar surface area (TPSA) is 125 Å². The molecule has 0 fully saturated rings. The lowest BCUT2D eigenvalue weighted by Crippen LogP contribution is -2.74. The molecule has 8 heteroatoms. The maximum absolute atomic E-state index is 11.2. The van der Waals surface area contributed by atoms with Gasteiger partial charge < -0.3 is 26.6 Å². The zero-order valence-electron chi connectivity index (χ0n) is 13.5. The van der Waals surface area contributed by atoms with Crippen molar-refractivity contribution in [1.82, 2.24) is 10.6 Å². The first-order chi connectivity index (χ1) is 8.75. The minimum Gasteiger partial charge on any atom is -0.465 e.